The lowest BCUT2D eigenvalue weighted by atomic mass is 10.2. The molecule has 5 nitrogen and oxygen atoms in total. The summed E-state index contributed by atoms with van der Waals surface area (Å²) in [5, 5.41) is 11.5. The number of nitrogens with one attached hydrogen (secondary N) is 1. The fourth-order valence-corrected chi connectivity index (χ4v) is 3.18. The molecule has 0 atom stereocenters. The molecule has 0 aliphatic heterocycles. The van der Waals surface area contributed by atoms with Gasteiger partial charge in [-0.2, -0.15) is 5.26 Å². The molecule has 25 heavy (non-hydrogen) atoms. The molecule has 2 aromatic heterocycles. The molecule has 1 aromatic carbocycles. The summed E-state index contributed by atoms with van der Waals surface area (Å²) in [5.74, 6) is -2.80. The summed E-state index contributed by atoms with van der Waals surface area (Å²) < 4.78 is 27.4. The average molecular weight is 356 g/mol. The van der Waals surface area contributed by atoms with Crippen molar-refractivity contribution in [2.45, 2.75) is 6.92 Å². The molecule has 0 radical (unpaired) electrons. The highest BCUT2D eigenvalue weighted by Gasteiger charge is 2.19. The van der Waals surface area contributed by atoms with E-state index >= 15 is 0 Å². The fourth-order valence-electron chi connectivity index (χ4n) is 2.22. The van der Waals surface area contributed by atoms with Crippen LogP contribution in [0.2, 0.25) is 0 Å². The number of anilines is 1. The molecule has 0 saturated carbocycles. The third-order valence-corrected chi connectivity index (χ3v) is 4.47. The number of rotatable bonds is 3. The number of nitriles is 1. The van der Waals surface area contributed by atoms with Crippen LogP contribution in [-0.2, 0) is 0 Å². The zero-order valence-electron chi connectivity index (χ0n) is 12.9. The molecule has 0 aliphatic carbocycles. The first-order valence-electron chi connectivity index (χ1n) is 7.09. The van der Waals surface area contributed by atoms with Gasteiger partial charge in [-0.05, 0) is 36.8 Å². The summed E-state index contributed by atoms with van der Waals surface area (Å²) in [6.45, 7) is 1.73. The van der Waals surface area contributed by atoms with Crippen molar-refractivity contribution in [1.29, 1.82) is 5.26 Å². The highest BCUT2D eigenvalue weighted by molar-refractivity contribution is 7.19. The van der Waals surface area contributed by atoms with Gasteiger partial charge in [0.05, 0.1) is 10.6 Å². The zero-order valence-corrected chi connectivity index (χ0v) is 13.7. The summed E-state index contributed by atoms with van der Waals surface area (Å²) in [6.07, 6.45) is 1.50. The van der Waals surface area contributed by atoms with Crippen LogP contribution in [0.1, 0.15) is 21.7 Å². The van der Waals surface area contributed by atoms with Crippen molar-refractivity contribution in [2.24, 2.45) is 0 Å². The second-order valence-electron chi connectivity index (χ2n) is 5.03. The highest BCUT2D eigenvalue weighted by atomic mass is 32.1. The van der Waals surface area contributed by atoms with Gasteiger partial charge in [0, 0.05) is 6.20 Å². The topological polar surface area (TPSA) is 78.7 Å². The molecule has 3 aromatic rings. The van der Waals surface area contributed by atoms with E-state index in [0.29, 0.717) is 5.69 Å². The van der Waals surface area contributed by atoms with Crippen LogP contribution >= 0.6 is 11.3 Å². The molecule has 3 rings (SSSR count). The van der Waals surface area contributed by atoms with Crippen molar-refractivity contribution < 1.29 is 13.6 Å². The third kappa shape index (κ3) is 3.36. The van der Waals surface area contributed by atoms with Gasteiger partial charge in [-0.25, -0.2) is 18.7 Å². The summed E-state index contributed by atoms with van der Waals surface area (Å²) >= 11 is 1.14. The molecular formula is C17H10F2N4OS. The molecule has 0 fully saturated rings. The van der Waals surface area contributed by atoms with Gasteiger partial charge < -0.3 is 0 Å². The Morgan fingerprint density at radius 1 is 1.28 bits per heavy atom. The van der Waals surface area contributed by atoms with Crippen LogP contribution in [0.15, 0.2) is 36.5 Å². The van der Waals surface area contributed by atoms with Crippen LogP contribution in [0, 0.1) is 29.9 Å². The van der Waals surface area contributed by atoms with Crippen molar-refractivity contribution in [2.75, 3.05) is 5.32 Å². The normalized spacial score (nSPS) is 10.3. The number of halogens is 2. The number of thiazole rings is 1. The Balaban J connectivity index is 1.90. The summed E-state index contributed by atoms with van der Waals surface area (Å²) in [4.78, 5) is 21.0. The van der Waals surface area contributed by atoms with Crippen LogP contribution < -0.4 is 5.32 Å². The Labute approximate surface area is 145 Å². The quantitative estimate of drug-likeness (QED) is 0.771. The molecule has 0 unspecified atom stereocenters. The first-order chi connectivity index (χ1) is 12.0. The fraction of sp³-hybridized carbons (Fsp3) is 0.0588. The molecule has 0 saturated heterocycles. The SMILES string of the molecule is Cc1nc(NC(=O)c2c(F)cccc2F)sc1-c1ccnc(C#N)c1. The second kappa shape index (κ2) is 6.75. The minimum atomic E-state index is -0.946. The third-order valence-electron chi connectivity index (χ3n) is 3.34. The molecule has 1 amide bonds. The number of hydrogen-bond acceptors (Lipinski definition) is 5. The Morgan fingerprint density at radius 2 is 2.00 bits per heavy atom. The van der Waals surface area contributed by atoms with Crippen molar-refractivity contribution in [3.63, 3.8) is 0 Å². The van der Waals surface area contributed by atoms with E-state index in [4.69, 9.17) is 5.26 Å². The smallest absolute Gasteiger partial charge is 0.263 e. The number of benzene rings is 1. The molecule has 0 bridgehead atoms. The van der Waals surface area contributed by atoms with E-state index in [1.165, 1.54) is 12.3 Å². The first-order valence-corrected chi connectivity index (χ1v) is 7.90. The maximum Gasteiger partial charge on any atom is 0.263 e. The van der Waals surface area contributed by atoms with Gasteiger partial charge in [0.15, 0.2) is 5.13 Å². The van der Waals surface area contributed by atoms with Gasteiger partial charge >= 0.3 is 0 Å². The van der Waals surface area contributed by atoms with Crippen molar-refractivity contribution in [3.8, 4) is 16.5 Å². The average Bonchev–Trinajstić information content (AvgIpc) is 2.95. The standard InChI is InChI=1S/C17H10F2N4OS/c1-9-15(10-5-6-21-11(7-10)8-20)25-17(22-9)23-16(24)14-12(18)3-2-4-13(14)19/h2-7H,1H3,(H,22,23,24). The van der Waals surface area contributed by atoms with E-state index in [1.807, 2.05) is 6.07 Å². The molecule has 2 heterocycles. The van der Waals surface area contributed by atoms with Crippen molar-refractivity contribution in [1.82, 2.24) is 9.97 Å². The number of carbonyl (C=O) groups excluding carboxylic acids is 1. The summed E-state index contributed by atoms with van der Waals surface area (Å²) in [6, 6.07) is 8.47. The van der Waals surface area contributed by atoms with Crippen LogP contribution in [0.25, 0.3) is 10.4 Å². The predicted octanol–water partition coefficient (Wildman–Crippen LogP) is 3.92. The maximum atomic E-state index is 13.7. The van der Waals surface area contributed by atoms with E-state index in [9.17, 15) is 13.6 Å². The van der Waals surface area contributed by atoms with Gasteiger partial charge in [0.2, 0.25) is 0 Å². The number of aryl methyl sites for hydroxylation is 1. The lowest BCUT2D eigenvalue weighted by molar-refractivity contribution is 0.101. The number of pyridine rings is 1. The number of hydrogen-bond donors (Lipinski definition) is 1. The van der Waals surface area contributed by atoms with Crippen LogP contribution in [-0.4, -0.2) is 15.9 Å². The largest absolute Gasteiger partial charge is 0.298 e. The number of amides is 1. The van der Waals surface area contributed by atoms with Crippen molar-refractivity contribution >= 4 is 22.4 Å². The Morgan fingerprint density at radius 3 is 2.68 bits per heavy atom. The van der Waals surface area contributed by atoms with Gasteiger partial charge in [-0.1, -0.05) is 17.4 Å². The maximum absolute atomic E-state index is 13.7. The van der Waals surface area contributed by atoms with Gasteiger partial charge in [0.25, 0.3) is 5.91 Å². The minimum absolute atomic E-state index is 0.204. The molecule has 124 valence electrons. The van der Waals surface area contributed by atoms with E-state index in [0.717, 1.165) is 33.9 Å². The molecule has 0 aliphatic rings. The van der Waals surface area contributed by atoms with E-state index in [-0.39, 0.29) is 10.8 Å². The summed E-state index contributed by atoms with van der Waals surface area (Å²) in [5.41, 5.74) is 0.931. The van der Waals surface area contributed by atoms with Gasteiger partial charge in [-0.15, -0.1) is 0 Å². The van der Waals surface area contributed by atoms with Crippen LogP contribution in [0.4, 0.5) is 13.9 Å². The highest BCUT2D eigenvalue weighted by Crippen LogP contribution is 2.33. The molecule has 0 spiro atoms. The number of carbonyl (C=O) groups is 1. The summed E-state index contributed by atoms with van der Waals surface area (Å²) in [7, 11) is 0. The lowest BCUT2D eigenvalue weighted by Gasteiger charge is -2.04. The Hall–Kier alpha value is -3.18. The van der Waals surface area contributed by atoms with Crippen molar-refractivity contribution in [3.05, 3.63) is 65.1 Å². The Kier molecular flexibility index (Phi) is 4.50. The number of nitrogens with zero attached hydrogens (tertiary/aromatic N) is 3. The Bertz CT molecular complexity index is 990. The molecular weight excluding hydrogens is 346 g/mol. The van der Waals surface area contributed by atoms with E-state index in [1.54, 1.807) is 19.1 Å². The second-order valence-corrected chi connectivity index (χ2v) is 6.02. The van der Waals surface area contributed by atoms with Crippen LogP contribution in [0.3, 0.4) is 0 Å². The predicted molar refractivity (Wildman–Crippen MR) is 89.1 cm³/mol. The molecule has 8 heteroatoms. The number of aromatic nitrogens is 2. The first kappa shape index (κ1) is 16.7. The zero-order chi connectivity index (χ0) is 18.0. The van der Waals surface area contributed by atoms with E-state index in [2.05, 4.69) is 15.3 Å². The van der Waals surface area contributed by atoms with Crippen LogP contribution in [0.5, 0.6) is 0 Å². The minimum Gasteiger partial charge on any atom is -0.298 e. The lowest BCUT2D eigenvalue weighted by Crippen LogP contribution is -2.15. The van der Waals surface area contributed by atoms with E-state index < -0.39 is 23.1 Å². The monoisotopic (exact) mass is 356 g/mol. The van der Waals surface area contributed by atoms with Gasteiger partial charge in [-0.3, -0.25) is 10.1 Å². The van der Waals surface area contributed by atoms with Gasteiger partial charge in [0.1, 0.15) is 29.0 Å². The molecule has 1 N–H and O–H groups in total.